The summed E-state index contributed by atoms with van der Waals surface area (Å²) in [5, 5.41) is 0. The van der Waals surface area contributed by atoms with Gasteiger partial charge in [0.25, 0.3) is 0 Å². The number of piperidine rings is 1. The third-order valence-electron chi connectivity index (χ3n) is 5.57. The topological polar surface area (TPSA) is 29.3 Å². The van der Waals surface area contributed by atoms with Crippen LogP contribution in [0.25, 0.3) is 0 Å². The Balaban J connectivity index is 1.96. The molecule has 2 rings (SSSR count). The lowest BCUT2D eigenvalue weighted by Gasteiger charge is -2.47. The van der Waals surface area contributed by atoms with E-state index in [0.29, 0.717) is 5.41 Å². The first-order chi connectivity index (χ1) is 8.55. The number of likely N-dealkylation sites (tertiary alicyclic amines) is 1. The van der Waals surface area contributed by atoms with E-state index in [4.69, 9.17) is 5.73 Å². The van der Waals surface area contributed by atoms with E-state index in [9.17, 15) is 0 Å². The maximum atomic E-state index is 6.01. The van der Waals surface area contributed by atoms with Gasteiger partial charge in [-0.05, 0) is 62.6 Å². The predicted octanol–water partition coefficient (Wildman–Crippen LogP) is 3.26. The van der Waals surface area contributed by atoms with Crippen LogP contribution in [0.15, 0.2) is 0 Å². The predicted molar refractivity (Wildman–Crippen MR) is 78.6 cm³/mol. The third-order valence-corrected chi connectivity index (χ3v) is 5.57. The molecule has 1 saturated carbocycles. The number of nitrogens with two attached hydrogens (primary N) is 1. The monoisotopic (exact) mass is 252 g/mol. The highest BCUT2D eigenvalue weighted by molar-refractivity contribution is 4.90. The van der Waals surface area contributed by atoms with Gasteiger partial charge in [-0.25, -0.2) is 0 Å². The van der Waals surface area contributed by atoms with E-state index in [1.165, 1.54) is 51.6 Å². The second-order valence-electron chi connectivity index (χ2n) is 7.35. The maximum absolute atomic E-state index is 6.01. The Bertz CT molecular complexity index is 252. The molecule has 1 aliphatic carbocycles. The maximum Gasteiger partial charge on any atom is 0.0138 e. The summed E-state index contributed by atoms with van der Waals surface area (Å²) in [4.78, 5) is 2.77. The first-order valence-electron chi connectivity index (χ1n) is 8.00. The van der Waals surface area contributed by atoms with Gasteiger partial charge < -0.3 is 10.6 Å². The smallest absolute Gasteiger partial charge is 0.0138 e. The van der Waals surface area contributed by atoms with Gasteiger partial charge in [-0.2, -0.15) is 0 Å². The molecule has 0 spiro atoms. The van der Waals surface area contributed by atoms with Crippen LogP contribution >= 0.6 is 0 Å². The molecule has 1 heterocycles. The third kappa shape index (κ3) is 3.27. The first kappa shape index (κ1) is 14.3. The molecule has 0 radical (unpaired) electrons. The lowest BCUT2D eigenvalue weighted by atomic mass is 9.74. The molecule has 106 valence electrons. The summed E-state index contributed by atoms with van der Waals surface area (Å²) in [6, 6.07) is 0.782. The number of hydrogen-bond acceptors (Lipinski definition) is 2. The van der Waals surface area contributed by atoms with Gasteiger partial charge in [0.05, 0.1) is 0 Å². The number of hydrogen-bond donors (Lipinski definition) is 1. The Morgan fingerprint density at radius 1 is 1.17 bits per heavy atom. The minimum Gasteiger partial charge on any atom is -0.330 e. The summed E-state index contributed by atoms with van der Waals surface area (Å²) < 4.78 is 0. The highest BCUT2D eigenvalue weighted by Crippen LogP contribution is 2.37. The van der Waals surface area contributed by atoms with Gasteiger partial charge >= 0.3 is 0 Å². The van der Waals surface area contributed by atoms with Crippen molar-refractivity contribution in [2.75, 3.05) is 19.6 Å². The molecule has 1 saturated heterocycles. The van der Waals surface area contributed by atoms with Gasteiger partial charge in [-0.15, -0.1) is 0 Å². The second-order valence-corrected chi connectivity index (χ2v) is 7.35. The summed E-state index contributed by atoms with van der Waals surface area (Å²) in [6.07, 6.45) is 8.24. The minimum atomic E-state index is 0.563. The molecule has 0 aromatic carbocycles. The van der Waals surface area contributed by atoms with E-state index in [0.717, 1.165) is 24.4 Å². The first-order valence-corrected chi connectivity index (χ1v) is 8.00. The molecule has 0 aromatic heterocycles. The quantitative estimate of drug-likeness (QED) is 0.835. The van der Waals surface area contributed by atoms with Crippen LogP contribution in [0.4, 0.5) is 0 Å². The van der Waals surface area contributed by atoms with Crippen LogP contribution in [0.1, 0.15) is 59.3 Å². The number of rotatable bonds is 3. The molecule has 2 fully saturated rings. The summed E-state index contributed by atoms with van der Waals surface area (Å²) in [5.41, 5.74) is 6.58. The molecule has 3 unspecified atom stereocenters. The van der Waals surface area contributed by atoms with E-state index >= 15 is 0 Å². The van der Waals surface area contributed by atoms with Crippen LogP contribution in [-0.2, 0) is 0 Å². The van der Waals surface area contributed by atoms with Crippen LogP contribution in [0, 0.1) is 17.3 Å². The Labute approximate surface area is 113 Å². The minimum absolute atomic E-state index is 0.563. The average molecular weight is 252 g/mol. The lowest BCUT2D eigenvalue weighted by molar-refractivity contribution is 0.0336. The van der Waals surface area contributed by atoms with Crippen molar-refractivity contribution in [3.05, 3.63) is 0 Å². The van der Waals surface area contributed by atoms with Crippen molar-refractivity contribution < 1.29 is 0 Å². The molecule has 2 nitrogen and oxygen atoms in total. The fourth-order valence-electron chi connectivity index (χ4n) is 3.85. The van der Waals surface area contributed by atoms with Crippen molar-refractivity contribution in [3.8, 4) is 0 Å². The summed E-state index contributed by atoms with van der Waals surface area (Å²) in [5.74, 6) is 1.71. The van der Waals surface area contributed by atoms with E-state index in [1.54, 1.807) is 0 Å². The SMILES string of the molecule is CCC1CCC(CN)C(N2CCC(C)(C)CC2)C1. The number of nitrogens with zero attached hydrogens (tertiary/aromatic N) is 1. The lowest BCUT2D eigenvalue weighted by Crippen LogP contribution is -2.50. The largest absolute Gasteiger partial charge is 0.330 e. The van der Waals surface area contributed by atoms with Gasteiger partial charge in [0.2, 0.25) is 0 Å². The Morgan fingerprint density at radius 3 is 2.39 bits per heavy atom. The fourth-order valence-corrected chi connectivity index (χ4v) is 3.85. The molecule has 3 atom stereocenters. The van der Waals surface area contributed by atoms with E-state index in [1.807, 2.05) is 0 Å². The molecular weight excluding hydrogens is 220 g/mol. The zero-order valence-electron chi connectivity index (χ0n) is 12.6. The van der Waals surface area contributed by atoms with Crippen LogP contribution in [0.3, 0.4) is 0 Å². The molecule has 0 amide bonds. The van der Waals surface area contributed by atoms with E-state index < -0.39 is 0 Å². The molecule has 2 N–H and O–H groups in total. The molecule has 0 bridgehead atoms. The van der Waals surface area contributed by atoms with Crippen molar-refractivity contribution >= 4 is 0 Å². The molecular formula is C16H32N2. The highest BCUT2D eigenvalue weighted by Gasteiger charge is 2.36. The van der Waals surface area contributed by atoms with Crippen molar-refractivity contribution in [3.63, 3.8) is 0 Å². The normalized spacial score (nSPS) is 37.7. The van der Waals surface area contributed by atoms with Crippen molar-refractivity contribution in [1.82, 2.24) is 4.90 Å². The summed E-state index contributed by atoms with van der Waals surface area (Å²) >= 11 is 0. The fraction of sp³-hybridized carbons (Fsp3) is 1.00. The van der Waals surface area contributed by atoms with Crippen LogP contribution in [0.2, 0.25) is 0 Å². The van der Waals surface area contributed by atoms with Crippen LogP contribution < -0.4 is 5.73 Å². The zero-order chi connectivity index (χ0) is 13.2. The summed E-state index contributed by atoms with van der Waals surface area (Å²) in [7, 11) is 0. The van der Waals surface area contributed by atoms with Gasteiger partial charge in [0, 0.05) is 6.04 Å². The Morgan fingerprint density at radius 2 is 1.83 bits per heavy atom. The molecule has 0 aromatic rings. The average Bonchev–Trinajstić information content (AvgIpc) is 2.38. The standard InChI is InChI=1S/C16H32N2/c1-4-13-5-6-14(12-17)15(11-13)18-9-7-16(2,3)8-10-18/h13-15H,4-12,17H2,1-3H3. The van der Waals surface area contributed by atoms with Crippen molar-refractivity contribution in [2.24, 2.45) is 23.0 Å². The van der Waals surface area contributed by atoms with Crippen molar-refractivity contribution in [1.29, 1.82) is 0 Å². The van der Waals surface area contributed by atoms with Crippen molar-refractivity contribution in [2.45, 2.75) is 65.3 Å². The van der Waals surface area contributed by atoms with E-state index in [-0.39, 0.29) is 0 Å². The molecule has 2 heteroatoms. The Kier molecular flexibility index (Phi) is 4.71. The highest BCUT2D eigenvalue weighted by atomic mass is 15.2. The van der Waals surface area contributed by atoms with Gasteiger partial charge in [0.1, 0.15) is 0 Å². The van der Waals surface area contributed by atoms with E-state index in [2.05, 4.69) is 25.7 Å². The van der Waals surface area contributed by atoms with Gasteiger partial charge in [-0.3, -0.25) is 0 Å². The zero-order valence-corrected chi connectivity index (χ0v) is 12.6. The molecule has 1 aliphatic heterocycles. The molecule has 2 aliphatic rings. The van der Waals surface area contributed by atoms with Crippen LogP contribution in [-0.4, -0.2) is 30.6 Å². The van der Waals surface area contributed by atoms with Gasteiger partial charge in [-0.1, -0.05) is 33.6 Å². The Hall–Kier alpha value is -0.0800. The van der Waals surface area contributed by atoms with Crippen LogP contribution in [0.5, 0.6) is 0 Å². The van der Waals surface area contributed by atoms with Gasteiger partial charge in [0.15, 0.2) is 0 Å². The molecule has 18 heavy (non-hydrogen) atoms. The second kappa shape index (κ2) is 5.92. The summed E-state index contributed by atoms with van der Waals surface area (Å²) in [6.45, 7) is 10.7.